The second-order valence-corrected chi connectivity index (χ2v) is 5.30. The molecule has 0 aliphatic rings. The molecule has 0 saturated carbocycles. The van der Waals surface area contributed by atoms with E-state index in [4.69, 9.17) is 23.2 Å². The average Bonchev–Trinajstić information content (AvgIpc) is 2.54. The fourth-order valence-corrected chi connectivity index (χ4v) is 2.02. The number of amides is 2. The molecule has 2 amide bonds. The van der Waals surface area contributed by atoms with Crippen LogP contribution in [-0.2, 0) is 4.79 Å². The maximum atomic E-state index is 12.7. The van der Waals surface area contributed by atoms with Crippen LogP contribution in [0, 0.1) is 5.82 Å². The lowest BCUT2D eigenvalue weighted by Gasteiger charge is -2.07. The standard InChI is InChI=1S/C16H11Cl2FN2O2/c17-11-4-7-14(18)13(9-11)16(23)21-20-15(22)8-3-10-1-5-12(19)6-2-10/h1-9H,(H,20,22)(H,21,23)/b8-3+. The van der Waals surface area contributed by atoms with Crippen molar-refractivity contribution in [3.05, 3.63) is 75.5 Å². The molecule has 0 atom stereocenters. The van der Waals surface area contributed by atoms with Crippen LogP contribution >= 0.6 is 23.2 Å². The summed E-state index contributed by atoms with van der Waals surface area (Å²) < 4.78 is 12.7. The molecular weight excluding hydrogens is 342 g/mol. The van der Waals surface area contributed by atoms with E-state index in [1.54, 1.807) is 6.07 Å². The van der Waals surface area contributed by atoms with Gasteiger partial charge in [-0.25, -0.2) is 4.39 Å². The van der Waals surface area contributed by atoms with Crippen LogP contribution in [0.2, 0.25) is 10.0 Å². The average molecular weight is 353 g/mol. The quantitative estimate of drug-likeness (QED) is 0.654. The second kappa shape index (κ2) is 7.76. The van der Waals surface area contributed by atoms with E-state index in [1.807, 2.05) is 0 Å². The molecule has 2 rings (SSSR count). The fraction of sp³-hybridized carbons (Fsp3) is 0. The summed E-state index contributed by atoms with van der Waals surface area (Å²) in [5.74, 6) is -1.51. The van der Waals surface area contributed by atoms with E-state index in [-0.39, 0.29) is 16.4 Å². The zero-order chi connectivity index (χ0) is 16.8. The van der Waals surface area contributed by atoms with E-state index >= 15 is 0 Å². The molecule has 0 heterocycles. The first kappa shape index (κ1) is 17.0. The Hall–Kier alpha value is -2.37. The predicted octanol–water partition coefficient (Wildman–Crippen LogP) is 3.61. The number of hydrazine groups is 1. The smallest absolute Gasteiger partial charge is 0.268 e. The molecule has 23 heavy (non-hydrogen) atoms. The highest BCUT2D eigenvalue weighted by Crippen LogP contribution is 2.20. The van der Waals surface area contributed by atoms with Crippen LogP contribution in [0.1, 0.15) is 15.9 Å². The van der Waals surface area contributed by atoms with Crippen molar-refractivity contribution in [2.45, 2.75) is 0 Å². The minimum absolute atomic E-state index is 0.141. The van der Waals surface area contributed by atoms with E-state index in [1.165, 1.54) is 48.6 Å². The van der Waals surface area contributed by atoms with Crippen molar-refractivity contribution >= 4 is 41.1 Å². The van der Waals surface area contributed by atoms with Gasteiger partial charge in [-0.3, -0.25) is 20.4 Å². The Labute approximate surface area is 141 Å². The van der Waals surface area contributed by atoms with Gasteiger partial charge in [0.15, 0.2) is 0 Å². The van der Waals surface area contributed by atoms with Crippen molar-refractivity contribution in [3.8, 4) is 0 Å². The Morgan fingerprint density at radius 2 is 1.70 bits per heavy atom. The largest absolute Gasteiger partial charge is 0.271 e. The third-order valence-corrected chi connectivity index (χ3v) is 3.33. The van der Waals surface area contributed by atoms with E-state index < -0.39 is 11.8 Å². The first-order valence-corrected chi connectivity index (χ1v) is 7.20. The van der Waals surface area contributed by atoms with Gasteiger partial charge in [0.2, 0.25) is 0 Å². The maximum Gasteiger partial charge on any atom is 0.271 e. The predicted molar refractivity (Wildman–Crippen MR) is 87.5 cm³/mol. The first-order chi connectivity index (χ1) is 11.0. The van der Waals surface area contributed by atoms with Crippen LogP contribution in [0.5, 0.6) is 0 Å². The lowest BCUT2D eigenvalue weighted by atomic mass is 10.2. The molecule has 118 valence electrons. The molecule has 2 aromatic carbocycles. The third-order valence-electron chi connectivity index (χ3n) is 2.77. The Bertz CT molecular complexity index is 761. The number of hydrogen-bond donors (Lipinski definition) is 2. The minimum atomic E-state index is -0.596. The highest BCUT2D eigenvalue weighted by atomic mass is 35.5. The van der Waals surface area contributed by atoms with Crippen LogP contribution < -0.4 is 10.9 Å². The van der Waals surface area contributed by atoms with Gasteiger partial charge >= 0.3 is 0 Å². The number of rotatable bonds is 3. The molecule has 0 unspecified atom stereocenters. The van der Waals surface area contributed by atoms with Crippen LogP contribution in [0.15, 0.2) is 48.5 Å². The SMILES string of the molecule is O=C(/C=C/c1ccc(F)cc1)NNC(=O)c1cc(Cl)ccc1Cl. The van der Waals surface area contributed by atoms with Gasteiger partial charge in [0.05, 0.1) is 10.6 Å². The van der Waals surface area contributed by atoms with E-state index in [9.17, 15) is 14.0 Å². The molecule has 0 aliphatic carbocycles. The molecule has 0 radical (unpaired) electrons. The molecule has 2 aromatic rings. The summed E-state index contributed by atoms with van der Waals surface area (Å²) in [5.41, 5.74) is 5.21. The molecule has 0 aliphatic heterocycles. The lowest BCUT2D eigenvalue weighted by Crippen LogP contribution is -2.40. The van der Waals surface area contributed by atoms with E-state index in [2.05, 4.69) is 10.9 Å². The lowest BCUT2D eigenvalue weighted by molar-refractivity contribution is -0.117. The number of hydrogen-bond acceptors (Lipinski definition) is 2. The minimum Gasteiger partial charge on any atom is -0.268 e. The molecule has 0 saturated heterocycles. The summed E-state index contributed by atoms with van der Waals surface area (Å²) in [7, 11) is 0. The third kappa shape index (κ3) is 5.09. The van der Waals surface area contributed by atoms with Crippen LogP contribution in [0.3, 0.4) is 0 Å². The van der Waals surface area contributed by atoms with Crippen LogP contribution in [-0.4, -0.2) is 11.8 Å². The summed E-state index contributed by atoms with van der Waals surface area (Å²) in [4.78, 5) is 23.5. The van der Waals surface area contributed by atoms with Gasteiger partial charge in [-0.15, -0.1) is 0 Å². The highest BCUT2D eigenvalue weighted by Gasteiger charge is 2.11. The fourth-order valence-electron chi connectivity index (χ4n) is 1.64. The number of halogens is 3. The van der Waals surface area contributed by atoms with E-state index in [0.717, 1.165) is 0 Å². The molecule has 4 nitrogen and oxygen atoms in total. The van der Waals surface area contributed by atoms with Gasteiger partial charge in [0, 0.05) is 11.1 Å². The summed E-state index contributed by atoms with van der Waals surface area (Å²) >= 11 is 11.7. The maximum absolute atomic E-state index is 12.7. The summed E-state index contributed by atoms with van der Waals surface area (Å²) in [6.07, 6.45) is 2.68. The second-order valence-electron chi connectivity index (χ2n) is 4.45. The topological polar surface area (TPSA) is 58.2 Å². The number of carbonyl (C=O) groups is 2. The highest BCUT2D eigenvalue weighted by molar-refractivity contribution is 6.35. The van der Waals surface area contributed by atoms with Gasteiger partial charge in [-0.2, -0.15) is 0 Å². The van der Waals surface area contributed by atoms with Crippen molar-refractivity contribution in [2.24, 2.45) is 0 Å². The molecule has 7 heteroatoms. The van der Waals surface area contributed by atoms with Gasteiger partial charge in [0.25, 0.3) is 11.8 Å². The molecular formula is C16H11Cl2FN2O2. The van der Waals surface area contributed by atoms with Gasteiger partial charge in [0.1, 0.15) is 5.82 Å². The Balaban J connectivity index is 1.92. The van der Waals surface area contributed by atoms with Gasteiger partial charge < -0.3 is 0 Å². The van der Waals surface area contributed by atoms with Crippen molar-refractivity contribution in [1.29, 1.82) is 0 Å². The zero-order valence-corrected chi connectivity index (χ0v) is 13.2. The van der Waals surface area contributed by atoms with Gasteiger partial charge in [-0.1, -0.05) is 35.3 Å². The molecule has 0 fully saturated rings. The van der Waals surface area contributed by atoms with Crippen molar-refractivity contribution < 1.29 is 14.0 Å². The molecule has 0 aromatic heterocycles. The normalized spacial score (nSPS) is 10.6. The summed E-state index contributed by atoms with van der Waals surface area (Å²) in [5, 5.41) is 0.560. The van der Waals surface area contributed by atoms with Gasteiger partial charge in [-0.05, 0) is 42.0 Å². The van der Waals surface area contributed by atoms with Crippen molar-refractivity contribution in [3.63, 3.8) is 0 Å². The van der Waals surface area contributed by atoms with Crippen molar-refractivity contribution in [2.75, 3.05) is 0 Å². The number of benzene rings is 2. The van der Waals surface area contributed by atoms with Crippen LogP contribution in [0.4, 0.5) is 4.39 Å². The van der Waals surface area contributed by atoms with E-state index in [0.29, 0.717) is 10.6 Å². The Kier molecular flexibility index (Phi) is 5.73. The molecule has 0 spiro atoms. The van der Waals surface area contributed by atoms with Crippen molar-refractivity contribution in [1.82, 2.24) is 10.9 Å². The Morgan fingerprint density at radius 3 is 2.39 bits per heavy atom. The zero-order valence-electron chi connectivity index (χ0n) is 11.6. The summed E-state index contributed by atoms with van der Waals surface area (Å²) in [6.45, 7) is 0. The molecule has 2 N–H and O–H groups in total. The number of carbonyl (C=O) groups excluding carboxylic acids is 2. The first-order valence-electron chi connectivity index (χ1n) is 6.45. The summed E-state index contributed by atoms with van der Waals surface area (Å²) in [6, 6.07) is 10.0. The Morgan fingerprint density at radius 1 is 1.00 bits per heavy atom. The van der Waals surface area contributed by atoms with Crippen LogP contribution in [0.25, 0.3) is 6.08 Å². The number of nitrogens with one attached hydrogen (secondary N) is 2. The monoisotopic (exact) mass is 352 g/mol. The molecule has 0 bridgehead atoms.